The van der Waals surface area contributed by atoms with Crippen molar-refractivity contribution in [3.8, 4) is 0 Å². The van der Waals surface area contributed by atoms with E-state index in [1.165, 1.54) is 18.3 Å². The number of Topliss-reactive ketones (excluding diaryl/α,β-unsaturated/α-hetero) is 1. The van der Waals surface area contributed by atoms with Gasteiger partial charge in [0.1, 0.15) is 10.0 Å². The highest BCUT2D eigenvalue weighted by molar-refractivity contribution is 7.11. The van der Waals surface area contributed by atoms with Crippen LogP contribution in [0.15, 0.2) is 12.4 Å². The third kappa shape index (κ3) is 2.27. The Morgan fingerprint density at radius 1 is 1.53 bits per heavy atom. The summed E-state index contributed by atoms with van der Waals surface area (Å²) in [5, 5.41) is 13.8. The minimum Gasteiger partial charge on any atom is -0.294 e. The summed E-state index contributed by atoms with van der Waals surface area (Å²) in [6.07, 6.45) is 3.29. The molecule has 0 aliphatic carbocycles. The van der Waals surface area contributed by atoms with Crippen molar-refractivity contribution in [3.05, 3.63) is 28.0 Å². The third-order valence-electron chi connectivity index (χ3n) is 1.90. The lowest BCUT2D eigenvalue weighted by Gasteiger charge is -1.94. The van der Waals surface area contributed by atoms with E-state index in [1.807, 2.05) is 6.92 Å². The van der Waals surface area contributed by atoms with E-state index in [1.54, 1.807) is 17.1 Å². The molecule has 78 valence electrons. The van der Waals surface area contributed by atoms with E-state index < -0.39 is 0 Å². The van der Waals surface area contributed by atoms with Crippen molar-refractivity contribution in [3.63, 3.8) is 0 Å². The largest absolute Gasteiger partial charge is 0.294 e. The molecule has 0 aromatic carbocycles. The van der Waals surface area contributed by atoms with Crippen LogP contribution in [0.25, 0.3) is 0 Å². The van der Waals surface area contributed by atoms with Gasteiger partial charge in [-0.2, -0.15) is 5.10 Å². The number of carbonyl (C=O) groups excluding carboxylic acids is 1. The lowest BCUT2D eigenvalue weighted by Crippen LogP contribution is -1.99. The van der Waals surface area contributed by atoms with Crippen LogP contribution in [0.3, 0.4) is 0 Å². The number of ketones is 1. The molecule has 2 rings (SSSR count). The molecule has 2 aromatic heterocycles. The van der Waals surface area contributed by atoms with Crippen LogP contribution in [0.1, 0.15) is 27.3 Å². The quantitative estimate of drug-likeness (QED) is 0.734. The zero-order valence-electron chi connectivity index (χ0n) is 8.47. The van der Waals surface area contributed by atoms with Gasteiger partial charge in [0, 0.05) is 6.20 Å². The highest BCUT2D eigenvalue weighted by Gasteiger charge is 2.05. The average Bonchev–Trinajstić information content (AvgIpc) is 2.76. The van der Waals surface area contributed by atoms with Crippen molar-refractivity contribution in [2.45, 2.75) is 20.4 Å². The Labute approximate surface area is 90.8 Å². The van der Waals surface area contributed by atoms with Crippen molar-refractivity contribution in [2.24, 2.45) is 0 Å². The van der Waals surface area contributed by atoms with Crippen LogP contribution in [0.2, 0.25) is 0 Å². The van der Waals surface area contributed by atoms with Gasteiger partial charge in [0.15, 0.2) is 5.78 Å². The van der Waals surface area contributed by atoms with Crippen LogP contribution in [-0.2, 0) is 6.54 Å². The second-order valence-electron chi connectivity index (χ2n) is 3.20. The van der Waals surface area contributed by atoms with Crippen LogP contribution in [0.4, 0.5) is 0 Å². The number of hydrogen-bond acceptors (Lipinski definition) is 5. The fraction of sp³-hybridized carbons (Fsp3) is 0.333. The highest BCUT2D eigenvalue weighted by atomic mass is 32.1. The van der Waals surface area contributed by atoms with Crippen LogP contribution >= 0.6 is 11.3 Å². The summed E-state index contributed by atoms with van der Waals surface area (Å²) in [5.74, 6) is 0.0229. The summed E-state index contributed by atoms with van der Waals surface area (Å²) in [7, 11) is 0. The van der Waals surface area contributed by atoms with Crippen molar-refractivity contribution < 1.29 is 4.79 Å². The summed E-state index contributed by atoms with van der Waals surface area (Å²) in [4.78, 5) is 11.0. The Kier molecular flexibility index (Phi) is 2.59. The fourth-order valence-electron chi connectivity index (χ4n) is 1.17. The van der Waals surface area contributed by atoms with Gasteiger partial charge >= 0.3 is 0 Å². The lowest BCUT2D eigenvalue weighted by atomic mass is 10.3. The first kappa shape index (κ1) is 9.97. The Balaban J connectivity index is 2.14. The molecule has 15 heavy (non-hydrogen) atoms. The smallest absolute Gasteiger partial charge is 0.162 e. The van der Waals surface area contributed by atoms with Crippen molar-refractivity contribution in [2.75, 3.05) is 0 Å². The second-order valence-corrected chi connectivity index (χ2v) is 4.46. The maximum Gasteiger partial charge on any atom is 0.162 e. The number of aromatic nitrogens is 4. The first-order valence-corrected chi connectivity index (χ1v) is 5.29. The minimum absolute atomic E-state index is 0.0229. The monoisotopic (exact) mass is 222 g/mol. The van der Waals surface area contributed by atoms with E-state index in [0.29, 0.717) is 12.1 Å². The molecule has 2 heterocycles. The first-order valence-electron chi connectivity index (χ1n) is 4.47. The number of rotatable bonds is 3. The Morgan fingerprint density at radius 3 is 2.87 bits per heavy atom. The zero-order chi connectivity index (χ0) is 10.8. The number of hydrogen-bond donors (Lipinski definition) is 0. The topological polar surface area (TPSA) is 60.7 Å². The molecule has 2 aromatic rings. The molecule has 0 amide bonds. The van der Waals surface area contributed by atoms with Crippen molar-refractivity contribution in [1.29, 1.82) is 0 Å². The molecular formula is C9H10N4OS. The number of nitrogens with zero attached hydrogens (tertiary/aromatic N) is 4. The summed E-state index contributed by atoms with van der Waals surface area (Å²) in [5.41, 5.74) is 0.622. The van der Waals surface area contributed by atoms with Gasteiger partial charge in [0.25, 0.3) is 0 Å². The van der Waals surface area contributed by atoms with E-state index in [-0.39, 0.29) is 5.78 Å². The molecule has 0 aliphatic rings. The molecular weight excluding hydrogens is 212 g/mol. The fourth-order valence-corrected chi connectivity index (χ4v) is 1.87. The van der Waals surface area contributed by atoms with E-state index in [9.17, 15) is 4.79 Å². The Bertz CT molecular complexity index is 488. The second kappa shape index (κ2) is 3.90. The van der Waals surface area contributed by atoms with Crippen LogP contribution < -0.4 is 0 Å². The van der Waals surface area contributed by atoms with Gasteiger partial charge in [0.2, 0.25) is 0 Å². The van der Waals surface area contributed by atoms with Crippen molar-refractivity contribution >= 4 is 17.1 Å². The van der Waals surface area contributed by atoms with Gasteiger partial charge < -0.3 is 0 Å². The molecule has 0 radical (unpaired) electrons. The molecule has 0 fully saturated rings. The molecule has 0 saturated carbocycles. The normalized spacial score (nSPS) is 10.5. The SMILES string of the molecule is CC(=O)c1cnn(Cc2nnc(C)s2)c1. The Hall–Kier alpha value is -1.56. The average molecular weight is 222 g/mol. The predicted octanol–water partition coefficient (Wildman–Crippen LogP) is 1.29. The molecule has 0 N–H and O–H groups in total. The van der Waals surface area contributed by atoms with E-state index in [0.717, 1.165) is 10.0 Å². The van der Waals surface area contributed by atoms with Crippen LogP contribution in [0, 0.1) is 6.92 Å². The predicted molar refractivity (Wildman–Crippen MR) is 56.0 cm³/mol. The maximum atomic E-state index is 11.0. The number of carbonyl (C=O) groups is 1. The van der Waals surface area contributed by atoms with E-state index >= 15 is 0 Å². The zero-order valence-corrected chi connectivity index (χ0v) is 9.28. The van der Waals surface area contributed by atoms with Crippen LogP contribution in [-0.4, -0.2) is 25.8 Å². The number of aryl methyl sites for hydroxylation is 1. The molecule has 6 heteroatoms. The van der Waals surface area contributed by atoms with Gasteiger partial charge in [-0.05, 0) is 13.8 Å². The standard InChI is InChI=1S/C9H10N4OS/c1-6(14)8-3-10-13(4-8)5-9-12-11-7(2)15-9/h3-4H,5H2,1-2H3. The lowest BCUT2D eigenvalue weighted by molar-refractivity contribution is 0.101. The summed E-state index contributed by atoms with van der Waals surface area (Å²) < 4.78 is 1.69. The van der Waals surface area contributed by atoms with Crippen molar-refractivity contribution in [1.82, 2.24) is 20.0 Å². The molecule has 0 atom stereocenters. The molecule has 5 nitrogen and oxygen atoms in total. The maximum absolute atomic E-state index is 11.0. The van der Waals surface area contributed by atoms with Crippen LogP contribution in [0.5, 0.6) is 0 Å². The van der Waals surface area contributed by atoms with Gasteiger partial charge in [-0.3, -0.25) is 9.48 Å². The van der Waals surface area contributed by atoms with Gasteiger partial charge in [-0.25, -0.2) is 0 Å². The molecule has 0 spiro atoms. The first-order chi connectivity index (χ1) is 7.15. The Morgan fingerprint density at radius 2 is 2.33 bits per heavy atom. The molecule has 0 bridgehead atoms. The van der Waals surface area contributed by atoms with Gasteiger partial charge in [0.05, 0.1) is 18.3 Å². The summed E-state index contributed by atoms with van der Waals surface area (Å²) in [6.45, 7) is 4.00. The molecule has 0 aliphatic heterocycles. The third-order valence-corrected chi connectivity index (χ3v) is 2.73. The van der Waals surface area contributed by atoms with Gasteiger partial charge in [-0.1, -0.05) is 11.3 Å². The van der Waals surface area contributed by atoms with E-state index in [2.05, 4.69) is 15.3 Å². The summed E-state index contributed by atoms with van der Waals surface area (Å²) >= 11 is 1.53. The summed E-state index contributed by atoms with van der Waals surface area (Å²) in [6, 6.07) is 0. The highest BCUT2D eigenvalue weighted by Crippen LogP contribution is 2.09. The minimum atomic E-state index is 0.0229. The van der Waals surface area contributed by atoms with E-state index in [4.69, 9.17) is 0 Å². The molecule has 0 saturated heterocycles. The molecule has 0 unspecified atom stereocenters. The van der Waals surface area contributed by atoms with Gasteiger partial charge in [-0.15, -0.1) is 10.2 Å².